The summed E-state index contributed by atoms with van der Waals surface area (Å²) in [4.78, 5) is 0. The molecule has 2 fully saturated rings. The lowest BCUT2D eigenvalue weighted by Gasteiger charge is -2.49. The van der Waals surface area contributed by atoms with Crippen molar-refractivity contribution in [3.63, 3.8) is 0 Å². The lowest BCUT2D eigenvalue weighted by Crippen LogP contribution is -2.50. The standard InChI is InChI=1S/C18H27N/c1-13(2)15-4-6-16(7-5-15)18(11-10-14(18)3)12-19-17-8-9-17/h4-7,13-14,17,19H,8-12H2,1-3H3. The largest absolute Gasteiger partial charge is 0.313 e. The highest BCUT2D eigenvalue weighted by Gasteiger charge is 2.45. The molecule has 0 bridgehead atoms. The maximum absolute atomic E-state index is 3.77. The molecule has 104 valence electrons. The zero-order valence-corrected chi connectivity index (χ0v) is 12.6. The Morgan fingerprint density at radius 3 is 2.26 bits per heavy atom. The highest BCUT2D eigenvalue weighted by molar-refractivity contribution is 5.34. The van der Waals surface area contributed by atoms with Crippen LogP contribution in [0.25, 0.3) is 0 Å². The fraction of sp³-hybridized carbons (Fsp3) is 0.667. The highest BCUT2D eigenvalue weighted by atomic mass is 15.0. The Morgan fingerprint density at radius 2 is 1.84 bits per heavy atom. The van der Waals surface area contributed by atoms with E-state index in [1.807, 2.05) is 0 Å². The van der Waals surface area contributed by atoms with E-state index in [-0.39, 0.29) is 0 Å². The molecule has 0 amide bonds. The van der Waals surface area contributed by atoms with Crippen molar-refractivity contribution in [2.75, 3.05) is 6.54 Å². The fourth-order valence-corrected chi connectivity index (χ4v) is 3.39. The first-order valence-electron chi connectivity index (χ1n) is 7.95. The van der Waals surface area contributed by atoms with Crippen LogP contribution in [0.1, 0.15) is 63.5 Å². The summed E-state index contributed by atoms with van der Waals surface area (Å²) in [5, 5.41) is 3.77. The first-order valence-corrected chi connectivity index (χ1v) is 7.95. The van der Waals surface area contributed by atoms with Gasteiger partial charge in [0.05, 0.1) is 0 Å². The molecular formula is C18H27N. The molecule has 3 rings (SSSR count). The Hall–Kier alpha value is -0.820. The Balaban J connectivity index is 1.78. The molecule has 1 aromatic rings. The molecule has 1 N–H and O–H groups in total. The third-order valence-electron chi connectivity index (χ3n) is 5.40. The van der Waals surface area contributed by atoms with E-state index in [0.29, 0.717) is 11.3 Å². The number of hydrogen-bond donors (Lipinski definition) is 1. The van der Waals surface area contributed by atoms with Gasteiger partial charge in [-0.2, -0.15) is 0 Å². The fourth-order valence-electron chi connectivity index (χ4n) is 3.39. The van der Waals surface area contributed by atoms with E-state index in [0.717, 1.165) is 12.0 Å². The number of hydrogen-bond acceptors (Lipinski definition) is 1. The van der Waals surface area contributed by atoms with Gasteiger partial charge < -0.3 is 5.32 Å². The summed E-state index contributed by atoms with van der Waals surface area (Å²) in [6.45, 7) is 8.14. The first kappa shape index (κ1) is 13.2. The Labute approximate surface area is 117 Å². The average Bonchev–Trinajstić information content (AvgIpc) is 3.22. The molecule has 0 radical (unpaired) electrons. The molecule has 0 saturated heterocycles. The Morgan fingerprint density at radius 1 is 1.16 bits per heavy atom. The molecule has 1 aromatic carbocycles. The summed E-state index contributed by atoms with van der Waals surface area (Å²) in [5.41, 5.74) is 3.43. The molecule has 2 saturated carbocycles. The molecule has 0 heterocycles. The highest BCUT2D eigenvalue weighted by Crippen LogP contribution is 2.48. The van der Waals surface area contributed by atoms with Gasteiger partial charge >= 0.3 is 0 Å². The van der Waals surface area contributed by atoms with Crippen molar-refractivity contribution in [3.05, 3.63) is 35.4 Å². The third-order valence-corrected chi connectivity index (χ3v) is 5.40. The minimum Gasteiger partial charge on any atom is -0.313 e. The quantitative estimate of drug-likeness (QED) is 0.832. The van der Waals surface area contributed by atoms with Crippen LogP contribution in [0.15, 0.2) is 24.3 Å². The summed E-state index contributed by atoms with van der Waals surface area (Å²) >= 11 is 0. The van der Waals surface area contributed by atoms with Crippen molar-refractivity contribution in [2.45, 2.75) is 63.8 Å². The smallest absolute Gasteiger partial charge is 0.0103 e. The van der Waals surface area contributed by atoms with Gasteiger partial charge in [0.1, 0.15) is 0 Å². The van der Waals surface area contributed by atoms with Crippen molar-refractivity contribution in [1.29, 1.82) is 0 Å². The van der Waals surface area contributed by atoms with E-state index in [1.54, 1.807) is 5.56 Å². The molecule has 0 aliphatic heterocycles. The molecule has 0 aromatic heterocycles. The topological polar surface area (TPSA) is 12.0 Å². The van der Waals surface area contributed by atoms with Crippen molar-refractivity contribution < 1.29 is 0 Å². The van der Waals surface area contributed by atoms with Gasteiger partial charge in [-0.3, -0.25) is 0 Å². The van der Waals surface area contributed by atoms with Crippen molar-refractivity contribution in [2.24, 2.45) is 5.92 Å². The molecule has 1 heteroatoms. The second kappa shape index (κ2) is 4.94. The van der Waals surface area contributed by atoms with E-state index < -0.39 is 0 Å². The summed E-state index contributed by atoms with van der Waals surface area (Å²) in [6, 6.07) is 10.3. The van der Waals surface area contributed by atoms with Gasteiger partial charge in [0.15, 0.2) is 0 Å². The number of rotatable bonds is 5. The molecule has 2 unspecified atom stereocenters. The molecular weight excluding hydrogens is 230 g/mol. The van der Waals surface area contributed by atoms with Crippen molar-refractivity contribution in [3.8, 4) is 0 Å². The van der Waals surface area contributed by atoms with Crippen LogP contribution in [0.5, 0.6) is 0 Å². The van der Waals surface area contributed by atoms with E-state index >= 15 is 0 Å². The van der Waals surface area contributed by atoms with Gasteiger partial charge in [-0.1, -0.05) is 45.0 Å². The summed E-state index contributed by atoms with van der Waals surface area (Å²) < 4.78 is 0. The molecule has 19 heavy (non-hydrogen) atoms. The van der Waals surface area contributed by atoms with Crippen LogP contribution in [0.3, 0.4) is 0 Å². The average molecular weight is 257 g/mol. The van der Waals surface area contributed by atoms with Gasteiger partial charge in [0, 0.05) is 18.0 Å². The summed E-state index contributed by atoms with van der Waals surface area (Å²) in [6.07, 6.45) is 5.51. The number of benzene rings is 1. The van der Waals surface area contributed by atoms with Crippen LogP contribution in [0.2, 0.25) is 0 Å². The predicted octanol–water partition coefficient (Wildman–Crippen LogP) is 4.23. The number of nitrogens with one attached hydrogen (secondary N) is 1. The predicted molar refractivity (Wildman–Crippen MR) is 81.6 cm³/mol. The summed E-state index contributed by atoms with van der Waals surface area (Å²) in [5.74, 6) is 1.46. The SMILES string of the molecule is CC(C)c1ccc(C2(CNC3CC3)CCC2C)cc1. The van der Waals surface area contributed by atoms with Crippen LogP contribution in [0, 0.1) is 5.92 Å². The van der Waals surface area contributed by atoms with E-state index in [1.165, 1.54) is 37.8 Å². The van der Waals surface area contributed by atoms with Crippen LogP contribution in [0.4, 0.5) is 0 Å². The van der Waals surface area contributed by atoms with Gasteiger partial charge in [-0.25, -0.2) is 0 Å². The molecule has 1 nitrogen and oxygen atoms in total. The van der Waals surface area contributed by atoms with Gasteiger partial charge in [-0.15, -0.1) is 0 Å². The Bertz CT molecular complexity index is 430. The second-order valence-electron chi connectivity index (χ2n) is 7.03. The first-order chi connectivity index (χ1) is 9.12. The molecule has 0 spiro atoms. The Kier molecular flexibility index (Phi) is 3.42. The zero-order chi connectivity index (χ0) is 13.5. The zero-order valence-electron chi connectivity index (χ0n) is 12.6. The van der Waals surface area contributed by atoms with E-state index in [4.69, 9.17) is 0 Å². The molecule has 2 atom stereocenters. The van der Waals surface area contributed by atoms with Crippen LogP contribution in [-0.4, -0.2) is 12.6 Å². The third kappa shape index (κ3) is 2.45. The maximum atomic E-state index is 3.77. The normalized spacial score (nSPS) is 30.4. The monoisotopic (exact) mass is 257 g/mol. The van der Waals surface area contributed by atoms with Crippen LogP contribution < -0.4 is 5.32 Å². The van der Waals surface area contributed by atoms with Gasteiger partial charge in [0.25, 0.3) is 0 Å². The van der Waals surface area contributed by atoms with Crippen molar-refractivity contribution >= 4 is 0 Å². The van der Waals surface area contributed by atoms with Gasteiger partial charge in [0.2, 0.25) is 0 Å². The molecule has 2 aliphatic carbocycles. The maximum Gasteiger partial charge on any atom is 0.0103 e. The summed E-state index contributed by atoms with van der Waals surface area (Å²) in [7, 11) is 0. The van der Waals surface area contributed by atoms with Crippen LogP contribution >= 0.6 is 0 Å². The minimum atomic E-state index is 0.415. The van der Waals surface area contributed by atoms with E-state index in [9.17, 15) is 0 Å². The minimum absolute atomic E-state index is 0.415. The lowest BCUT2D eigenvalue weighted by atomic mass is 9.57. The van der Waals surface area contributed by atoms with Crippen molar-refractivity contribution in [1.82, 2.24) is 5.32 Å². The van der Waals surface area contributed by atoms with E-state index in [2.05, 4.69) is 50.4 Å². The van der Waals surface area contributed by atoms with Gasteiger partial charge in [-0.05, 0) is 48.6 Å². The molecule has 2 aliphatic rings. The van der Waals surface area contributed by atoms with Crippen LogP contribution in [-0.2, 0) is 5.41 Å². The lowest BCUT2D eigenvalue weighted by molar-refractivity contribution is 0.133. The second-order valence-corrected chi connectivity index (χ2v) is 7.03.